The van der Waals surface area contributed by atoms with Gasteiger partial charge in [0, 0.05) is 11.3 Å². The number of hydrogen-bond acceptors (Lipinski definition) is 3. The molecule has 0 spiro atoms. The minimum absolute atomic E-state index is 0.347. The molecule has 162 valence electrons. The highest BCUT2D eigenvalue weighted by Crippen LogP contribution is 2.32. The van der Waals surface area contributed by atoms with Gasteiger partial charge in [-0.05, 0) is 59.2 Å². The molecule has 0 saturated heterocycles. The van der Waals surface area contributed by atoms with Crippen LogP contribution in [0.25, 0.3) is 28.4 Å². The van der Waals surface area contributed by atoms with Gasteiger partial charge in [0.2, 0.25) is 0 Å². The van der Waals surface area contributed by atoms with Crippen LogP contribution in [0.15, 0.2) is 59.2 Å². The van der Waals surface area contributed by atoms with Crippen LogP contribution < -0.4 is 0 Å². The zero-order valence-electron chi connectivity index (χ0n) is 19.4. The molecular weight excluding hydrogens is 390 g/mol. The van der Waals surface area contributed by atoms with Crippen molar-refractivity contribution in [3.05, 3.63) is 71.8 Å². The van der Waals surface area contributed by atoms with Crippen molar-refractivity contribution < 1.29 is 13.5 Å². The predicted octanol–water partition coefficient (Wildman–Crippen LogP) is 6.15. The number of furan rings is 1. The van der Waals surface area contributed by atoms with E-state index >= 15 is 0 Å². The lowest BCUT2D eigenvalue weighted by molar-refractivity contribution is 0.0627. The fourth-order valence-electron chi connectivity index (χ4n) is 3.36. The summed E-state index contributed by atoms with van der Waals surface area (Å²) in [6.45, 7) is 15.4. The van der Waals surface area contributed by atoms with Gasteiger partial charge in [-0.25, -0.2) is 9.37 Å². The summed E-state index contributed by atoms with van der Waals surface area (Å²) in [5.41, 5.74) is 2.35. The Labute approximate surface area is 184 Å². The van der Waals surface area contributed by atoms with Crippen LogP contribution in [0.5, 0.6) is 0 Å². The Bertz CT molecular complexity index is 1110. The van der Waals surface area contributed by atoms with Crippen LogP contribution >= 0.6 is 0 Å². The van der Waals surface area contributed by atoms with Crippen molar-refractivity contribution in [1.29, 1.82) is 0 Å². The van der Waals surface area contributed by atoms with Crippen LogP contribution in [-0.4, -0.2) is 23.4 Å². The van der Waals surface area contributed by atoms with Gasteiger partial charge in [0.05, 0.1) is 16.8 Å². The summed E-state index contributed by atoms with van der Waals surface area (Å²) in [7, 11) is 1.55. The normalized spacial score (nSPS) is 14.4. The first-order valence-electron chi connectivity index (χ1n) is 10.4. The van der Waals surface area contributed by atoms with E-state index in [1.165, 1.54) is 0 Å². The number of benzene rings is 1. The summed E-state index contributed by atoms with van der Waals surface area (Å²) >= 11 is 0. The fourth-order valence-corrected chi connectivity index (χ4v) is 3.36. The average Bonchev–Trinajstić information content (AvgIpc) is 3.27. The van der Waals surface area contributed by atoms with Crippen molar-refractivity contribution in [3.63, 3.8) is 0 Å². The van der Waals surface area contributed by atoms with E-state index in [1.54, 1.807) is 26.9 Å². The van der Waals surface area contributed by atoms with Crippen LogP contribution in [0.2, 0.25) is 0 Å². The van der Waals surface area contributed by atoms with Crippen molar-refractivity contribution in [2.24, 2.45) is 0 Å². The summed E-state index contributed by atoms with van der Waals surface area (Å²) in [6, 6.07) is 11.1. The number of nitrogens with zero attached hydrogens (tertiary/aromatic N) is 1. The van der Waals surface area contributed by atoms with Crippen molar-refractivity contribution >= 4 is 13.4 Å². The van der Waals surface area contributed by atoms with Gasteiger partial charge in [0.1, 0.15) is 17.1 Å². The summed E-state index contributed by atoms with van der Waals surface area (Å²) in [6.07, 6.45) is 1.92. The molecule has 0 aliphatic rings. The van der Waals surface area contributed by atoms with Gasteiger partial charge >= 0.3 is 0 Å². The monoisotopic (exact) mass is 420 g/mol. The minimum Gasteiger partial charge on any atom is -0.488 e. The Hall–Kier alpha value is -3.02. The molecule has 2 aromatic heterocycles. The molecule has 2 heterocycles. The van der Waals surface area contributed by atoms with Crippen molar-refractivity contribution in [2.75, 3.05) is 0 Å². The summed E-state index contributed by atoms with van der Waals surface area (Å²) in [4.78, 5) is 8.02. The molecule has 31 heavy (non-hydrogen) atoms. The lowest BCUT2D eigenvalue weighted by Gasteiger charge is -2.23. The predicted molar refractivity (Wildman–Crippen MR) is 127 cm³/mol. The maximum absolute atomic E-state index is 14.2. The first-order valence-corrected chi connectivity index (χ1v) is 10.4. The van der Waals surface area contributed by atoms with Crippen LogP contribution in [0, 0.1) is 6.92 Å². The first-order chi connectivity index (χ1) is 14.4. The Kier molecular flexibility index (Phi) is 6.03. The van der Waals surface area contributed by atoms with Crippen molar-refractivity contribution in [2.45, 2.75) is 52.7 Å². The van der Waals surface area contributed by atoms with Gasteiger partial charge in [-0.15, -0.1) is 0 Å². The highest BCUT2D eigenvalue weighted by Gasteiger charge is 2.21. The van der Waals surface area contributed by atoms with E-state index in [9.17, 15) is 4.39 Å². The number of aromatic nitrogens is 2. The molecular formula is C25H30BFN2O2. The highest BCUT2D eigenvalue weighted by atomic mass is 19.1. The number of halogens is 1. The SMILES string of the molecule is BC(C)(F)c1ccc(-c2nc(-c3ccc(/C(=C/C)C(=C)OC(C)(C)C)o3)[nH]c2C)cc1. The molecule has 0 radical (unpaired) electrons. The number of hydrogen-bond donors (Lipinski definition) is 1. The largest absolute Gasteiger partial charge is 0.488 e. The third kappa shape index (κ3) is 5.19. The molecule has 0 aliphatic carbocycles. The zero-order chi connectivity index (χ0) is 23.0. The second-order valence-corrected chi connectivity index (χ2v) is 9.11. The van der Waals surface area contributed by atoms with E-state index in [0.29, 0.717) is 28.7 Å². The molecule has 1 N–H and O–H groups in total. The Morgan fingerprint density at radius 3 is 2.35 bits per heavy atom. The Balaban J connectivity index is 1.88. The number of alkyl halides is 1. The standard InChI is InChI=1S/C25H30BFN2O2/c1-8-19(16(3)31-24(4,5)6)20-13-14-21(30-20)23-28-15(2)22(29-23)17-9-11-18(12-10-17)25(7,26)27/h8-14H,3,26H2,1-2,4-7H3,(H,28,29)/b19-8+. The molecule has 4 nitrogen and oxygen atoms in total. The average molecular weight is 420 g/mol. The van der Waals surface area contributed by atoms with Crippen LogP contribution in [0.3, 0.4) is 0 Å². The zero-order valence-corrected chi connectivity index (χ0v) is 19.4. The smallest absolute Gasteiger partial charge is 0.174 e. The second-order valence-electron chi connectivity index (χ2n) is 9.11. The van der Waals surface area contributed by atoms with Crippen molar-refractivity contribution in [3.8, 4) is 22.8 Å². The molecule has 0 amide bonds. The van der Waals surface area contributed by atoms with Gasteiger partial charge in [-0.1, -0.05) is 36.9 Å². The highest BCUT2D eigenvalue weighted by molar-refractivity contribution is 6.14. The molecule has 0 fully saturated rings. The first kappa shape index (κ1) is 22.7. The van der Waals surface area contributed by atoms with Gasteiger partial charge in [0.25, 0.3) is 0 Å². The van der Waals surface area contributed by atoms with Gasteiger partial charge < -0.3 is 14.1 Å². The molecule has 0 aliphatic heterocycles. The van der Waals surface area contributed by atoms with Gasteiger partial charge in [-0.2, -0.15) is 0 Å². The van der Waals surface area contributed by atoms with E-state index in [0.717, 1.165) is 22.5 Å². The molecule has 6 heteroatoms. The number of allylic oxidation sites excluding steroid dienone is 2. The van der Waals surface area contributed by atoms with Crippen molar-refractivity contribution in [1.82, 2.24) is 9.97 Å². The molecule has 0 saturated carbocycles. The summed E-state index contributed by atoms with van der Waals surface area (Å²) in [5.74, 6) is 2.47. The second kappa shape index (κ2) is 8.25. The van der Waals surface area contributed by atoms with E-state index in [1.807, 2.05) is 65.0 Å². The quantitative estimate of drug-likeness (QED) is 0.296. The molecule has 1 atom stereocenters. The molecule has 3 aromatic rings. The number of H-pyrrole nitrogens is 1. The number of aryl methyl sites for hydroxylation is 1. The molecule has 3 rings (SSSR count). The lowest BCUT2D eigenvalue weighted by atomic mass is 9.79. The molecule has 1 unspecified atom stereocenters. The number of nitrogens with one attached hydrogen (secondary N) is 1. The van der Waals surface area contributed by atoms with E-state index in [4.69, 9.17) is 14.1 Å². The number of rotatable bonds is 6. The van der Waals surface area contributed by atoms with E-state index in [-0.39, 0.29) is 5.60 Å². The summed E-state index contributed by atoms with van der Waals surface area (Å²) < 4.78 is 26.1. The minimum atomic E-state index is -1.37. The Morgan fingerprint density at radius 1 is 1.16 bits per heavy atom. The third-order valence-electron chi connectivity index (χ3n) is 4.85. The molecule has 1 aromatic carbocycles. The maximum Gasteiger partial charge on any atom is 0.174 e. The Morgan fingerprint density at radius 2 is 1.81 bits per heavy atom. The lowest BCUT2D eigenvalue weighted by Crippen LogP contribution is -2.18. The van der Waals surface area contributed by atoms with Crippen LogP contribution in [0.1, 0.15) is 51.6 Å². The molecule has 0 bridgehead atoms. The third-order valence-corrected chi connectivity index (χ3v) is 4.85. The summed E-state index contributed by atoms with van der Waals surface area (Å²) in [5, 5.41) is 0. The maximum atomic E-state index is 14.2. The fraction of sp³-hybridized carbons (Fsp3) is 0.320. The topological polar surface area (TPSA) is 51.1 Å². The number of aromatic amines is 1. The number of ether oxygens (including phenoxy) is 1. The van der Waals surface area contributed by atoms with Crippen LogP contribution in [-0.2, 0) is 10.3 Å². The van der Waals surface area contributed by atoms with E-state index in [2.05, 4.69) is 11.6 Å². The van der Waals surface area contributed by atoms with Gasteiger partial charge in [-0.3, -0.25) is 0 Å². The van der Waals surface area contributed by atoms with E-state index < -0.39 is 5.57 Å². The number of imidazole rings is 1. The van der Waals surface area contributed by atoms with Gasteiger partial charge in [0.15, 0.2) is 19.4 Å². The van der Waals surface area contributed by atoms with Crippen LogP contribution in [0.4, 0.5) is 4.39 Å².